The van der Waals surface area contributed by atoms with E-state index in [-0.39, 0.29) is 0 Å². The quantitative estimate of drug-likeness (QED) is 0.864. The minimum Gasteiger partial charge on any atom is -0.330 e. The zero-order valence-corrected chi connectivity index (χ0v) is 15.5. The lowest BCUT2D eigenvalue weighted by molar-refractivity contribution is -0.924. The van der Waals surface area contributed by atoms with Crippen LogP contribution in [0.5, 0.6) is 0 Å². The molecule has 1 saturated heterocycles. The van der Waals surface area contributed by atoms with Crippen LogP contribution in [0.4, 0.5) is 5.82 Å². The lowest BCUT2D eigenvalue weighted by Gasteiger charge is -2.34. The molecule has 1 unspecified atom stereocenters. The Morgan fingerprint density at radius 1 is 1.28 bits per heavy atom. The molecular formula is C19H26N4OS+2. The zero-order chi connectivity index (χ0) is 17.2. The first-order valence-corrected chi connectivity index (χ1v) is 10.0. The predicted octanol–water partition coefficient (Wildman–Crippen LogP) is 0.413. The largest absolute Gasteiger partial charge is 0.330 e. The van der Waals surface area contributed by atoms with Crippen molar-refractivity contribution in [2.75, 3.05) is 44.2 Å². The van der Waals surface area contributed by atoms with E-state index >= 15 is 0 Å². The molecule has 0 spiro atoms. The summed E-state index contributed by atoms with van der Waals surface area (Å²) in [6, 6.07) is 8.80. The monoisotopic (exact) mass is 358 g/mol. The van der Waals surface area contributed by atoms with E-state index in [2.05, 4.69) is 34.3 Å². The number of carbonyl (C=O) groups excluding carboxylic acids is 1. The molecule has 25 heavy (non-hydrogen) atoms. The zero-order valence-electron chi connectivity index (χ0n) is 14.7. The number of fused-ring (bicyclic) bond motifs is 1. The van der Waals surface area contributed by atoms with E-state index in [1.165, 1.54) is 15.3 Å². The van der Waals surface area contributed by atoms with Crippen LogP contribution in [0.25, 0.3) is 0 Å². The number of anilines is 1. The maximum atomic E-state index is 12.8. The number of amides is 1. The van der Waals surface area contributed by atoms with E-state index in [1.54, 1.807) is 0 Å². The molecule has 1 fully saturated rings. The molecule has 0 aromatic carbocycles. The molecule has 132 valence electrons. The van der Waals surface area contributed by atoms with Gasteiger partial charge in [-0.15, -0.1) is 11.3 Å². The Balaban J connectivity index is 1.32. The highest BCUT2D eigenvalue weighted by atomic mass is 32.1. The topological polar surface area (TPSA) is 42.1 Å². The van der Waals surface area contributed by atoms with Crippen molar-refractivity contribution in [3.63, 3.8) is 0 Å². The summed E-state index contributed by atoms with van der Waals surface area (Å²) in [5, 5.41) is 2.19. The van der Waals surface area contributed by atoms with Gasteiger partial charge in [0, 0.05) is 22.9 Å². The third-order valence-corrected chi connectivity index (χ3v) is 6.57. The lowest BCUT2D eigenvalue weighted by Crippen LogP contribution is -3.14. The Labute approximate surface area is 152 Å². The highest BCUT2D eigenvalue weighted by Gasteiger charge is 2.33. The number of quaternary nitrogens is 1. The fourth-order valence-corrected chi connectivity index (χ4v) is 4.95. The first kappa shape index (κ1) is 16.5. The molecule has 2 aromatic rings. The average molecular weight is 359 g/mol. The molecule has 6 heteroatoms. The fraction of sp³-hybridized carbons (Fsp3) is 0.474. The second kappa shape index (κ2) is 7.14. The number of aromatic nitrogens is 1. The number of carbonyl (C=O) groups is 1. The van der Waals surface area contributed by atoms with E-state index in [0.29, 0.717) is 18.5 Å². The van der Waals surface area contributed by atoms with Gasteiger partial charge in [-0.3, -0.25) is 9.69 Å². The van der Waals surface area contributed by atoms with Crippen LogP contribution in [0.3, 0.4) is 0 Å². The molecule has 5 nitrogen and oxygen atoms in total. The summed E-state index contributed by atoms with van der Waals surface area (Å²) in [7, 11) is 0. The highest BCUT2D eigenvalue weighted by Crippen LogP contribution is 2.24. The number of rotatable bonds is 3. The second-order valence-corrected chi connectivity index (χ2v) is 7.97. The van der Waals surface area contributed by atoms with Gasteiger partial charge in [0.25, 0.3) is 11.7 Å². The minimum atomic E-state index is 0.303. The van der Waals surface area contributed by atoms with Gasteiger partial charge in [-0.2, -0.15) is 0 Å². The summed E-state index contributed by atoms with van der Waals surface area (Å²) in [6.07, 6.45) is 3.06. The molecule has 4 heterocycles. The van der Waals surface area contributed by atoms with Crippen molar-refractivity contribution in [3.05, 3.63) is 46.3 Å². The van der Waals surface area contributed by atoms with Gasteiger partial charge in [0.1, 0.15) is 19.1 Å². The first-order valence-electron chi connectivity index (χ1n) is 9.12. The maximum absolute atomic E-state index is 12.8. The summed E-state index contributed by atoms with van der Waals surface area (Å²) in [4.78, 5) is 23.4. The molecule has 0 aliphatic carbocycles. The van der Waals surface area contributed by atoms with Gasteiger partial charge >= 0.3 is 0 Å². The summed E-state index contributed by atoms with van der Waals surface area (Å²) in [6.45, 7) is 7.36. The smallest absolute Gasteiger partial charge is 0.278 e. The van der Waals surface area contributed by atoms with Crippen molar-refractivity contribution in [2.24, 2.45) is 0 Å². The Hall–Kier alpha value is -1.92. The molecule has 4 rings (SSSR count). The number of pyridine rings is 1. The molecule has 2 aliphatic heterocycles. The van der Waals surface area contributed by atoms with Crippen LogP contribution in [-0.2, 0) is 11.2 Å². The standard InChI is InChI=1S/C19H24N4OS/c1-15-16-6-13-25-17(16)5-8-23(15)14-19(24)22-11-9-21(10-12-22)18-4-2-3-7-20-18/h2-4,6-7,13,15H,5,8-12,14H2,1H3/p+2/t15-/m0/s1. The van der Waals surface area contributed by atoms with Gasteiger partial charge in [-0.05, 0) is 24.4 Å². The summed E-state index contributed by atoms with van der Waals surface area (Å²) in [5.41, 5.74) is 1.45. The number of nitrogens with one attached hydrogen (secondary N) is 2. The SMILES string of the molecule is C[C@H]1c2ccsc2CC[NH+]1CC(=O)N1CCN(c2cccc[nH+]2)CC1. The molecule has 0 bridgehead atoms. The van der Waals surface area contributed by atoms with Crippen molar-refractivity contribution < 1.29 is 14.7 Å². The third kappa shape index (κ3) is 3.41. The van der Waals surface area contributed by atoms with E-state index in [0.717, 1.165) is 45.0 Å². The Morgan fingerprint density at radius 2 is 2.12 bits per heavy atom. The maximum Gasteiger partial charge on any atom is 0.278 e. The molecule has 0 radical (unpaired) electrons. The number of hydrogen-bond acceptors (Lipinski definition) is 3. The Bertz CT molecular complexity index is 724. The normalized spacial score (nSPS) is 23.4. The highest BCUT2D eigenvalue weighted by molar-refractivity contribution is 7.10. The average Bonchev–Trinajstić information content (AvgIpc) is 3.14. The predicted molar refractivity (Wildman–Crippen MR) is 98.9 cm³/mol. The fourth-order valence-electron chi connectivity index (χ4n) is 3.97. The van der Waals surface area contributed by atoms with Crippen LogP contribution in [0.1, 0.15) is 23.4 Å². The molecule has 2 N–H and O–H groups in total. The van der Waals surface area contributed by atoms with Crippen LogP contribution in [0.2, 0.25) is 0 Å². The van der Waals surface area contributed by atoms with Crippen molar-refractivity contribution >= 4 is 23.1 Å². The van der Waals surface area contributed by atoms with Crippen molar-refractivity contribution in [2.45, 2.75) is 19.4 Å². The third-order valence-electron chi connectivity index (χ3n) is 5.58. The van der Waals surface area contributed by atoms with Crippen molar-refractivity contribution in [3.8, 4) is 0 Å². The van der Waals surface area contributed by atoms with E-state index in [1.807, 2.05) is 34.6 Å². The van der Waals surface area contributed by atoms with Gasteiger partial charge in [0.05, 0.1) is 25.8 Å². The van der Waals surface area contributed by atoms with Gasteiger partial charge in [-0.25, -0.2) is 4.98 Å². The summed E-state index contributed by atoms with van der Waals surface area (Å²) >= 11 is 1.86. The Morgan fingerprint density at radius 3 is 2.88 bits per heavy atom. The van der Waals surface area contributed by atoms with E-state index in [9.17, 15) is 4.79 Å². The van der Waals surface area contributed by atoms with Crippen LogP contribution < -0.4 is 14.8 Å². The van der Waals surface area contributed by atoms with Crippen LogP contribution in [0.15, 0.2) is 35.8 Å². The van der Waals surface area contributed by atoms with E-state index in [4.69, 9.17) is 0 Å². The second-order valence-electron chi connectivity index (χ2n) is 6.97. The van der Waals surface area contributed by atoms with Gasteiger partial charge < -0.3 is 9.80 Å². The van der Waals surface area contributed by atoms with E-state index < -0.39 is 0 Å². The minimum absolute atomic E-state index is 0.303. The van der Waals surface area contributed by atoms with Crippen molar-refractivity contribution in [1.29, 1.82) is 0 Å². The number of nitrogens with zero attached hydrogens (tertiary/aromatic N) is 2. The number of thiophene rings is 1. The number of hydrogen-bond donors (Lipinski definition) is 1. The molecule has 0 saturated carbocycles. The first-order chi connectivity index (χ1) is 12.2. The molecular weight excluding hydrogens is 332 g/mol. The molecule has 2 aromatic heterocycles. The number of H-pyrrole nitrogens is 1. The summed E-state index contributed by atoms with van der Waals surface area (Å²) < 4.78 is 0. The number of aromatic amines is 1. The van der Waals surface area contributed by atoms with Gasteiger partial charge in [-0.1, -0.05) is 6.07 Å². The van der Waals surface area contributed by atoms with Crippen LogP contribution >= 0.6 is 11.3 Å². The molecule has 1 amide bonds. The van der Waals surface area contributed by atoms with Gasteiger partial charge in [0.2, 0.25) is 0 Å². The summed E-state index contributed by atoms with van der Waals surface area (Å²) in [5.74, 6) is 1.44. The Kier molecular flexibility index (Phi) is 4.72. The lowest BCUT2D eigenvalue weighted by atomic mass is 10.0. The molecule has 2 atom stereocenters. The number of piperazine rings is 1. The van der Waals surface area contributed by atoms with Crippen LogP contribution in [0, 0.1) is 0 Å². The molecule has 2 aliphatic rings. The van der Waals surface area contributed by atoms with Crippen LogP contribution in [-0.4, -0.2) is 50.1 Å². The van der Waals surface area contributed by atoms with Gasteiger partial charge in [0.15, 0.2) is 6.54 Å². The van der Waals surface area contributed by atoms with Crippen molar-refractivity contribution in [1.82, 2.24) is 4.90 Å².